The molecule has 0 aliphatic rings. The third kappa shape index (κ3) is 4.95. The molecule has 0 unspecified atom stereocenters. The SMILES string of the molecule is O=C(O)c1ccc(C(=O)NCCCNC(=O)c2ccccc2)cc1. The summed E-state index contributed by atoms with van der Waals surface area (Å²) < 4.78 is 0. The van der Waals surface area contributed by atoms with Gasteiger partial charge in [-0.1, -0.05) is 18.2 Å². The van der Waals surface area contributed by atoms with Crippen molar-refractivity contribution in [2.24, 2.45) is 0 Å². The maximum atomic E-state index is 11.9. The largest absolute Gasteiger partial charge is 0.478 e. The van der Waals surface area contributed by atoms with Gasteiger partial charge in [0, 0.05) is 24.2 Å². The fourth-order valence-electron chi connectivity index (χ4n) is 2.05. The van der Waals surface area contributed by atoms with Crippen LogP contribution in [0.25, 0.3) is 0 Å². The average Bonchev–Trinajstić information content (AvgIpc) is 2.62. The zero-order valence-corrected chi connectivity index (χ0v) is 13.0. The highest BCUT2D eigenvalue weighted by atomic mass is 16.4. The van der Waals surface area contributed by atoms with E-state index in [2.05, 4.69) is 10.6 Å². The minimum Gasteiger partial charge on any atom is -0.478 e. The molecule has 0 atom stereocenters. The summed E-state index contributed by atoms with van der Waals surface area (Å²) in [6, 6.07) is 14.6. The average molecular weight is 326 g/mol. The third-order valence-electron chi connectivity index (χ3n) is 3.35. The Kier molecular flexibility index (Phi) is 6.08. The number of aromatic carboxylic acids is 1. The van der Waals surface area contributed by atoms with E-state index in [1.807, 2.05) is 6.07 Å². The van der Waals surface area contributed by atoms with E-state index in [0.29, 0.717) is 30.6 Å². The van der Waals surface area contributed by atoms with E-state index in [0.717, 1.165) is 0 Å². The Morgan fingerprint density at radius 2 is 1.17 bits per heavy atom. The molecular formula is C18H18N2O4. The minimum absolute atomic E-state index is 0.134. The van der Waals surface area contributed by atoms with Gasteiger partial charge in [-0.15, -0.1) is 0 Å². The molecule has 0 fully saturated rings. The van der Waals surface area contributed by atoms with E-state index in [4.69, 9.17) is 5.11 Å². The first kappa shape index (κ1) is 17.2. The van der Waals surface area contributed by atoms with Crippen molar-refractivity contribution in [1.82, 2.24) is 10.6 Å². The highest BCUT2D eigenvalue weighted by Gasteiger charge is 2.07. The van der Waals surface area contributed by atoms with Crippen LogP contribution in [0.3, 0.4) is 0 Å². The molecule has 0 spiro atoms. The molecule has 0 aliphatic heterocycles. The van der Waals surface area contributed by atoms with Gasteiger partial charge in [0.05, 0.1) is 5.56 Å². The summed E-state index contributed by atoms with van der Waals surface area (Å²) in [5.41, 5.74) is 1.13. The lowest BCUT2D eigenvalue weighted by Crippen LogP contribution is -2.29. The Labute approximate surface area is 139 Å². The van der Waals surface area contributed by atoms with Crippen LogP contribution in [0.1, 0.15) is 37.5 Å². The van der Waals surface area contributed by atoms with Crippen LogP contribution < -0.4 is 10.6 Å². The Morgan fingerprint density at radius 3 is 1.67 bits per heavy atom. The van der Waals surface area contributed by atoms with Gasteiger partial charge in [-0.25, -0.2) is 4.79 Å². The number of amides is 2. The van der Waals surface area contributed by atoms with Gasteiger partial charge in [-0.3, -0.25) is 9.59 Å². The van der Waals surface area contributed by atoms with Crippen LogP contribution in [-0.4, -0.2) is 36.0 Å². The van der Waals surface area contributed by atoms with Gasteiger partial charge < -0.3 is 15.7 Å². The second-order valence-electron chi connectivity index (χ2n) is 5.11. The van der Waals surface area contributed by atoms with Crippen molar-refractivity contribution in [2.45, 2.75) is 6.42 Å². The topological polar surface area (TPSA) is 95.5 Å². The number of hydrogen-bond acceptors (Lipinski definition) is 3. The number of carbonyl (C=O) groups excluding carboxylic acids is 2. The Balaban J connectivity index is 1.69. The fourth-order valence-corrected chi connectivity index (χ4v) is 2.05. The van der Waals surface area contributed by atoms with Crippen molar-refractivity contribution >= 4 is 17.8 Å². The van der Waals surface area contributed by atoms with Gasteiger partial charge in [0.2, 0.25) is 0 Å². The molecule has 6 heteroatoms. The van der Waals surface area contributed by atoms with Crippen molar-refractivity contribution < 1.29 is 19.5 Å². The van der Waals surface area contributed by atoms with E-state index in [1.54, 1.807) is 24.3 Å². The van der Waals surface area contributed by atoms with E-state index in [9.17, 15) is 14.4 Å². The molecule has 3 N–H and O–H groups in total. The first-order valence-electron chi connectivity index (χ1n) is 7.53. The summed E-state index contributed by atoms with van der Waals surface area (Å²) in [5.74, 6) is -1.45. The van der Waals surface area contributed by atoms with Gasteiger partial charge in [0.1, 0.15) is 0 Å². The molecule has 2 aromatic rings. The number of hydrogen-bond donors (Lipinski definition) is 3. The van der Waals surface area contributed by atoms with Gasteiger partial charge in [0.25, 0.3) is 11.8 Å². The highest BCUT2D eigenvalue weighted by Crippen LogP contribution is 2.04. The molecule has 0 heterocycles. The van der Waals surface area contributed by atoms with Crippen molar-refractivity contribution in [3.63, 3.8) is 0 Å². The number of carboxylic acids is 1. The highest BCUT2D eigenvalue weighted by molar-refractivity contribution is 5.96. The van der Waals surface area contributed by atoms with Crippen LogP contribution in [-0.2, 0) is 0 Å². The Bertz CT molecular complexity index is 712. The second-order valence-corrected chi connectivity index (χ2v) is 5.11. The van der Waals surface area contributed by atoms with Crippen molar-refractivity contribution in [1.29, 1.82) is 0 Å². The smallest absolute Gasteiger partial charge is 0.335 e. The Hall–Kier alpha value is -3.15. The number of rotatable bonds is 7. The first-order valence-corrected chi connectivity index (χ1v) is 7.53. The molecule has 0 bridgehead atoms. The number of benzene rings is 2. The fraction of sp³-hybridized carbons (Fsp3) is 0.167. The summed E-state index contributed by atoms with van der Waals surface area (Å²) in [5, 5.41) is 14.3. The van der Waals surface area contributed by atoms with Gasteiger partial charge in [-0.05, 0) is 42.8 Å². The third-order valence-corrected chi connectivity index (χ3v) is 3.35. The summed E-state index contributed by atoms with van der Waals surface area (Å²) in [6.45, 7) is 0.862. The lowest BCUT2D eigenvalue weighted by molar-refractivity contribution is 0.0696. The second kappa shape index (κ2) is 8.47. The molecule has 0 aliphatic carbocycles. The van der Waals surface area contributed by atoms with Crippen molar-refractivity contribution in [3.05, 3.63) is 71.3 Å². The maximum absolute atomic E-state index is 11.9. The monoisotopic (exact) mass is 326 g/mol. The predicted octanol–water partition coefficient (Wildman–Crippen LogP) is 1.93. The number of carbonyl (C=O) groups is 3. The summed E-state index contributed by atoms with van der Waals surface area (Å²) >= 11 is 0. The lowest BCUT2D eigenvalue weighted by atomic mass is 10.1. The van der Waals surface area contributed by atoms with Crippen LogP contribution in [0.15, 0.2) is 54.6 Å². The standard InChI is InChI=1S/C18H18N2O4/c21-16(13-5-2-1-3-6-13)19-11-4-12-20-17(22)14-7-9-15(10-8-14)18(23)24/h1-3,5-10H,4,11-12H2,(H,19,21)(H,20,22)(H,23,24). The predicted molar refractivity (Wildman–Crippen MR) is 89.1 cm³/mol. The molecule has 0 radical (unpaired) electrons. The molecule has 124 valence electrons. The molecule has 2 aromatic carbocycles. The van der Waals surface area contributed by atoms with E-state index >= 15 is 0 Å². The molecule has 24 heavy (non-hydrogen) atoms. The first-order chi connectivity index (χ1) is 11.6. The van der Waals surface area contributed by atoms with Crippen molar-refractivity contribution in [3.8, 4) is 0 Å². The summed E-state index contributed by atoms with van der Waals surface area (Å²) in [6.07, 6.45) is 0.595. The van der Waals surface area contributed by atoms with Gasteiger partial charge in [-0.2, -0.15) is 0 Å². The van der Waals surface area contributed by atoms with E-state index < -0.39 is 5.97 Å². The molecular weight excluding hydrogens is 308 g/mol. The summed E-state index contributed by atoms with van der Waals surface area (Å²) in [7, 11) is 0. The lowest BCUT2D eigenvalue weighted by Gasteiger charge is -2.07. The molecule has 2 rings (SSSR count). The van der Waals surface area contributed by atoms with Crippen LogP contribution in [0.4, 0.5) is 0 Å². The molecule has 0 aromatic heterocycles. The molecule has 6 nitrogen and oxygen atoms in total. The molecule has 0 saturated carbocycles. The van der Waals surface area contributed by atoms with Crippen LogP contribution in [0.2, 0.25) is 0 Å². The zero-order chi connectivity index (χ0) is 17.4. The van der Waals surface area contributed by atoms with Crippen LogP contribution >= 0.6 is 0 Å². The zero-order valence-electron chi connectivity index (χ0n) is 13.0. The quantitative estimate of drug-likeness (QED) is 0.678. The van der Waals surface area contributed by atoms with E-state index in [1.165, 1.54) is 24.3 Å². The van der Waals surface area contributed by atoms with Crippen molar-refractivity contribution in [2.75, 3.05) is 13.1 Å². The van der Waals surface area contributed by atoms with Gasteiger partial charge in [0.15, 0.2) is 0 Å². The van der Waals surface area contributed by atoms with Crippen LogP contribution in [0.5, 0.6) is 0 Å². The normalized spacial score (nSPS) is 10.0. The molecule has 0 saturated heterocycles. The summed E-state index contributed by atoms with van der Waals surface area (Å²) in [4.78, 5) is 34.5. The number of carboxylic acid groups (broad SMARTS) is 1. The Morgan fingerprint density at radius 1 is 0.708 bits per heavy atom. The maximum Gasteiger partial charge on any atom is 0.335 e. The number of nitrogens with one attached hydrogen (secondary N) is 2. The van der Waals surface area contributed by atoms with E-state index in [-0.39, 0.29) is 17.4 Å². The van der Waals surface area contributed by atoms with Crippen LogP contribution in [0, 0.1) is 0 Å². The molecule has 2 amide bonds. The van der Waals surface area contributed by atoms with Gasteiger partial charge >= 0.3 is 5.97 Å². The minimum atomic E-state index is -1.03.